The van der Waals surface area contributed by atoms with E-state index in [-0.39, 0.29) is 5.84 Å². The van der Waals surface area contributed by atoms with Gasteiger partial charge in [0.05, 0.1) is 5.84 Å². The molecule has 82 valence electrons. The van der Waals surface area contributed by atoms with Crippen molar-refractivity contribution in [3.63, 3.8) is 0 Å². The summed E-state index contributed by atoms with van der Waals surface area (Å²) in [6.45, 7) is 0. The highest BCUT2D eigenvalue weighted by Gasteiger charge is 1.99. The summed E-state index contributed by atoms with van der Waals surface area (Å²) in [7, 11) is 0. The molecule has 1 heterocycles. The summed E-state index contributed by atoms with van der Waals surface area (Å²) >= 11 is 0. The molecule has 0 saturated carbocycles. The molecule has 0 aliphatic rings. The zero-order chi connectivity index (χ0) is 11.4. The molecule has 1 aromatic carbocycles. The molecule has 0 unspecified atom stereocenters. The number of hydrogen-bond acceptors (Lipinski definition) is 1. The molecule has 0 atom stereocenters. The Labute approximate surface area is 94.5 Å². The lowest BCUT2D eigenvalue weighted by Gasteiger charge is -1.93. The van der Waals surface area contributed by atoms with E-state index in [9.17, 15) is 0 Å². The summed E-state index contributed by atoms with van der Waals surface area (Å²) in [5, 5.41) is 8.36. The Morgan fingerprint density at radius 3 is 2.94 bits per heavy atom. The number of benzene rings is 1. The van der Waals surface area contributed by atoms with Gasteiger partial charge in [-0.1, -0.05) is 30.4 Å². The van der Waals surface area contributed by atoms with Crippen LogP contribution in [0.2, 0.25) is 0 Å². The molecule has 4 N–H and O–H groups in total. The minimum Gasteiger partial charge on any atom is -0.387 e. The molecule has 0 fully saturated rings. The zero-order valence-corrected chi connectivity index (χ0v) is 9.03. The number of aromatic nitrogens is 1. The highest BCUT2D eigenvalue weighted by molar-refractivity contribution is 5.83. The Morgan fingerprint density at radius 1 is 1.31 bits per heavy atom. The summed E-state index contributed by atoms with van der Waals surface area (Å²) in [6.07, 6.45) is 7.42. The Bertz CT molecular complexity index is 523. The van der Waals surface area contributed by atoms with Crippen molar-refractivity contribution in [2.75, 3.05) is 0 Å². The van der Waals surface area contributed by atoms with Crippen molar-refractivity contribution >= 4 is 16.7 Å². The predicted molar refractivity (Wildman–Crippen MR) is 67.7 cm³/mol. The Balaban J connectivity index is 2.10. The standard InChI is InChI=1S/C13H15N3/c14-13(15)8-4-1-5-10-9-16-12-7-3-2-6-11(10)12/h1-4,6-7,9,16H,5,8H2,(H3,14,15)/b4-1+. The van der Waals surface area contributed by atoms with Crippen LogP contribution in [0.1, 0.15) is 12.0 Å². The summed E-state index contributed by atoms with van der Waals surface area (Å²) in [5.74, 6) is 0.204. The second-order valence-electron chi connectivity index (χ2n) is 3.76. The number of nitrogens with two attached hydrogens (primary N) is 1. The quantitative estimate of drug-likeness (QED) is 0.408. The van der Waals surface area contributed by atoms with Crippen molar-refractivity contribution in [1.82, 2.24) is 4.98 Å². The third-order valence-electron chi connectivity index (χ3n) is 2.52. The van der Waals surface area contributed by atoms with Crippen LogP contribution >= 0.6 is 0 Å². The van der Waals surface area contributed by atoms with Gasteiger partial charge in [0.1, 0.15) is 0 Å². The zero-order valence-electron chi connectivity index (χ0n) is 9.03. The van der Waals surface area contributed by atoms with E-state index in [1.807, 2.05) is 24.4 Å². The Hall–Kier alpha value is -2.03. The molecule has 0 amide bonds. The third-order valence-corrected chi connectivity index (χ3v) is 2.52. The minimum atomic E-state index is 0.204. The van der Waals surface area contributed by atoms with E-state index in [1.54, 1.807) is 0 Å². The van der Waals surface area contributed by atoms with Crippen molar-refractivity contribution in [2.45, 2.75) is 12.8 Å². The molecular weight excluding hydrogens is 198 g/mol. The van der Waals surface area contributed by atoms with Gasteiger partial charge in [-0.3, -0.25) is 5.41 Å². The Morgan fingerprint density at radius 2 is 2.12 bits per heavy atom. The number of H-pyrrole nitrogens is 1. The largest absolute Gasteiger partial charge is 0.387 e. The summed E-state index contributed by atoms with van der Waals surface area (Å²) in [6, 6.07) is 8.24. The lowest BCUT2D eigenvalue weighted by molar-refractivity contribution is 1.24. The van der Waals surface area contributed by atoms with Crippen LogP contribution in [0.3, 0.4) is 0 Å². The molecular formula is C13H15N3. The molecule has 0 aliphatic carbocycles. The van der Waals surface area contributed by atoms with Gasteiger partial charge in [0.25, 0.3) is 0 Å². The van der Waals surface area contributed by atoms with Gasteiger partial charge in [-0.2, -0.15) is 0 Å². The van der Waals surface area contributed by atoms with Crippen LogP contribution in [0, 0.1) is 5.41 Å². The summed E-state index contributed by atoms with van der Waals surface area (Å²) < 4.78 is 0. The molecule has 3 heteroatoms. The number of aromatic amines is 1. The maximum absolute atomic E-state index is 7.10. The van der Waals surface area contributed by atoms with Crippen LogP contribution in [0.15, 0.2) is 42.6 Å². The lowest BCUT2D eigenvalue weighted by Crippen LogP contribution is -2.06. The number of nitrogens with one attached hydrogen (secondary N) is 2. The van der Waals surface area contributed by atoms with Crippen molar-refractivity contribution < 1.29 is 0 Å². The first-order valence-corrected chi connectivity index (χ1v) is 5.30. The summed E-state index contributed by atoms with van der Waals surface area (Å²) in [4.78, 5) is 3.24. The molecule has 1 aromatic heterocycles. The number of fused-ring (bicyclic) bond motifs is 1. The van der Waals surface area contributed by atoms with Crippen molar-refractivity contribution in [3.8, 4) is 0 Å². The average Bonchev–Trinajstić information content (AvgIpc) is 2.68. The van der Waals surface area contributed by atoms with Crippen LogP contribution in [0.25, 0.3) is 10.9 Å². The van der Waals surface area contributed by atoms with Gasteiger partial charge in [-0.15, -0.1) is 0 Å². The number of rotatable bonds is 4. The molecule has 2 rings (SSSR count). The second kappa shape index (κ2) is 4.66. The Kier molecular flexibility index (Phi) is 3.05. The highest BCUT2D eigenvalue weighted by atomic mass is 14.7. The third kappa shape index (κ3) is 2.31. The molecule has 0 radical (unpaired) electrons. The molecule has 0 bridgehead atoms. The van der Waals surface area contributed by atoms with Crippen molar-refractivity contribution in [3.05, 3.63) is 48.2 Å². The molecule has 3 nitrogen and oxygen atoms in total. The van der Waals surface area contributed by atoms with Gasteiger partial charge in [-0.05, 0) is 18.1 Å². The predicted octanol–water partition coefficient (Wildman–Crippen LogP) is 2.59. The van der Waals surface area contributed by atoms with Crippen LogP contribution < -0.4 is 5.73 Å². The van der Waals surface area contributed by atoms with Gasteiger partial charge in [0, 0.05) is 23.5 Å². The van der Waals surface area contributed by atoms with Gasteiger partial charge in [0.2, 0.25) is 0 Å². The number of amidine groups is 1. The van der Waals surface area contributed by atoms with E-state index in [0.717, 1.165) is 11.9 Å². The molecule has 0 spiro atoms. The van der Waals surface area contributed by atoms with Crippen LogP contribution in [-0.2, 0) is 6.42 Å². The molecule has 2 aromatic rings. The second-order valence-corrected chi connectivity index (χ2v) is 3.76. The van der Waals surface area contributed by atoms with E-state index in [2.05, 4.69) is 23.2 Å². The minimum absolute atomic E-state index is 0.204. The first-order valence-electron chi connectivity index (χ1n) is 5.30. The van der Waals surface area contributed by atoms with Crippen LogP contribution in [0.5, 0.6) is 0 Å². The van der Waals surface area contributed by atoms with Crippen LogP contribution in [0.4, 0.5) is 0 Å². The van der Waals surface area contributed by atoms with E-state index < -0.39 is 0 Å². The van der Waals surface area contributed by atoms with E-state index in [4.69, 9.17) is 11.1 Å². The lowest BCUT2D eigenvalue weighted by atomic mass is 10.1. The smallest absolute Gasteiger partial charge is 0.0943 e. The number of allylic oxidation sites excluding steroid dienone is 1. The van der Waals surface area contributed by atoms with E-state index in [0.29, 0.717) is 6.42 Å². The van der Waals surface area contributed by atoms with Crippen molar-refractivity contribution in [1.29, 1.82) is 5.41 Å². The number of hydrogen-bond donors (Lipinski definition) is 3. The average molecular weight is 213 g/mol. The molecule has 0 aliphatic heterocycles. The number of para-hydroxylation sites is 1. The topological polar surface area (TPSA) is 65.7 Å². The van der Waals surface area contributed by atoms with Gasteiger partial charge in [0.15, 0.2) is 0 Å². The SMILES string of the molecule is N=C(N)C/C=C/Cc1c[nH]c2ccccc12. The van der Waals surface area contributed by atoms with Crippen molar-refractivity contribution in [2.24, 2.45) is 5.73 Å². The summed E-state index contributed by atoms with van der Waals surface area (Å²) in [5.41, 5.74) is 7.71. The van der Waals surface area contributed by atoms with Gasteiger partial charge >= 0.3 is 0 Å². The fourth-order valence-corrected chi connectivity index (χ4v) is 1.72. The monoisotopic (exact) mass is 213 g/mol. The fourth-order valence-electron chi connectivity index (χ4n) is 1.72. The van der Waals surface area contributed by atoms with E-state index in [1.165, 1.54) is 10.9 Å². The maximum atomic E-state index is 7.10. The van der Waals surface area contributed by atoms with Gasteiger partial charge in [-0.25, -0.2) is 0 Å². The first-order chi connectivity index (χ1) is 7.77. The highest BCUT2D eigenvalue weighted by Crippen LogP contribution is 2.18. The van der Waals surface area contributed by atoms with Crippen LogP contribution in [-0.4, -0.2) is 10.8 Å². The molecule has 16 heavy (non-hydrogen) atoms. The molecule has 0 saturated heterocycles. The van der Waals surface area contributed by atoms with E-state index >= 15 is 0 Å². The maximum Gasteiger partial charge on any atom is 0.0943 e. The first kappa shape index (κ1) is 10.5. The van der Waals surface area contributed by atoms with Gasteiger partial charge < -0.3 is 10.7 Å². The normalized spacial score (nSPS) is 11.2. The fraction of sp³-hybridized carbons (Fsp3) is 0.154.